The predicted molar refractivity (Wildman–Crippen MR) is 69.1 cm³/mol. The number of rotatable bonds is 6. The van der Waals surface area contributed by atoms with Gasteiger partial charge in [0.25, 0.3) is 0 Å². The predicted octanol–water partition coefficient (Wildman–Crippen LogP) is 1.93. The van der Waals surface area contributed by atoms with Crippen molar-refractivity contribution in [2.24, 2.45) is 28.1 Å². The Bertz CT molecular complexity index is 286. The molecule has 0 aromatic carbocycles. The Morgan fingerprint density at radius 1 is 1.47 bits per heavy atom. The minimum absolute atomic E-state index is 0.292. The van der Waals surface area contributed by atoms with Gasteiger partial charge in [0.15, 0.2) is 0 Å². The summed E-state index contributed by atoms with van der Waals surface area (Å²) in [5.41, 5.74) is 5.88. The van der Waals surface area contributed by atoms with Crippen LogP contribution in [-0.4, -0.2) is 24.1 Å². The molecule has 0 aliphatic heterocycles. The third kappa shape index (κ3) is 3.60. The van der Waals surface area contributed by atoms with Gasteiger partial charge in [-0.3, -0.25) is 0 Å². The topological polar surface area (TPSA) is 70.6 Å². The second-order valence-corrected chi connectivity index (χ2v) is 6.18. The summed E-state index contributed by atoms with van der Waals surface area (Å²) in [6.45, 7) is 4.51. The summed E-state index contributed by atoms with van der Waals surface area (Å²) in [5.74, 6) is 2.15. The van der Waals surface area contributed by atoms with Crippen LogP contribution in [0.25, 0.3) is 0 Å². The second-order valence-electron chi connectivity index (χ2n) is 6.18. The number of hydrogen-bond donors (Lipinski definition) is 3. The van der Waals surface area contributed by atoms with Crippen molar-refractivity contribution < 1.29 is 5.21 Å². The van der Waals surface area contributed by atoms with Gasteiger partial charge in [-0.25, -0.2) is 0 Å². The van der Waals surface area contributed by atoms with Crippen LogP contribution in [0.2, 0.25) is 0 Å². The molecule has 2 atom stereocenters. The van der Waals surface area contributed by atoms with E-state index in [-0.39, 0.29) is 0 Å². The highest BCUT2D eigenvalue weighted by Gasteiger charge is 2.43. The molecule has 2 saturated carbocycles. The number of oxime groups is 1. The molecule has 0 radical (unpaired) electrons. The number of nitrogens with one attached hydrogen (secondary N) is 1. The SMILES string of the molecule is CC1CCC(CNCC2(CC(N)=NO)CC2)C1. The lowest BCUT2D eigenvalue weighted by Crippen LogP contribution is -2.31. The van der Waals surface area contributed by atoms with Crippen molar-refractivity contribution >= 4 is 5.84 Å². The first-order valence-electron chi connectivity index (χ1n) is 6.81. The Kier molecular flexibility index (Phi) is 3.92. The fourth-order valence-electron chi connectivity index (χ4n) is 3.06. The van der Waals surface area contributed by atoms with Gasteiger partial charge in [-0.15, -0.1) is 0 Å². The molecule has 2 aliphatic carbocycles. The van der Waals surface area contributed by atoms with E-state index in [4.69, 9.17) is 10.9 Å². The zero-order chi connectivity index (χ0) is 12.3. The fraction of sp³-hybridized carbons (Fsp3) is 0.923. The Balaban J connectivity index is 1.65. The van der Waals surface area contributed by atoms with Gasteiger partial charge >= 0.3 is 0 Å². The molecule has 2 rings (SSSR count). The maximum absolute atomic E-state index is 8.60. The van der Waals surface area contributed by atoms with Gasteiger partial charge in [0.1, 0.15) is 5.84 Å². The minimum Gasteiger partial charge on any atom is -0.409 e. The number of hydrogen-bond acceptors (Lipinski definition) is 3. The number of amidine groups is 1. The van der Waals surface area contributed by atoms with Gasteiger partial charge in [0.2, 0.25) is 0 Å². The van der Waals surface area contributed by atoms with Gasteiger partial charge in [0, 0.05) is 13.0 Å². The van der Waals surface area contributed by atoms with E-state index in [0.29, 0.717) is 11.3 Å². The molecule has 4 nitrogen and oxygen atoms in total. The lowest BCUT2D eigenvalue weighted by atomic mass is 10.0. The molecule has 0 heterocycles. The molecule has 17 heavy (non-hydrogen) atoms. The van der Waals surface area contributed by atoms with Gasteiger partial charge < -0.3 is 16.3 Å². The molecule has 4 N–H and O–H groups in total. The smallest absolute Gasteiger partial charge is 0.139 e. The molecular weight excluding hydrogens is 214 g/mol. The summed E-state index contributed by atoms with van der Waals surface area (Å²) in [7, 11) is 0. The van der Waals surface area contributed by atoms with E-state index in [0.717, 1.165) is 31.3 Å². The van der Waals surface area contributed by atoms with Crippen molar-refractivity contribution in [3.63, 3.8) is 0 Å². The third-order valence-corrected chi connectivity index (χ3v) is 4.38. The van der Waals surface area contributed by atoms with Crippen molar-refractivity contribution in [1.82, 2.24) is 5.32 Å². The van der Waals surface area contributed by atoms with Crippen LogP contribution in [-0.2, 0) is 0 Å². The summed E-state index contributed by atoms with van der Waals surface area (Å²) in [4.78, 5) is 0. The minimum atomic E-state index is 0.292. The lowest BCUT2D eigenvalue weighted by Gasteiger charge is -2.17. The highest BCUT2D eigenvalue weighted by molar-refractivity contribution is 5.80. The molecule has 2 aliphatic rings. The summed E-state index contributed by atoms with van der Waals surface area (Å²) in [6.07, 6.45) is 7.29. The van der Waals surface area contributed by atoms with Gasteiger partial charge in [-0.1, -0.05) is 18.5 Å². The molecule has 0 aromatic heterocycles. The van der Waals surface area contributed by atoms with Crippen LogP contribution in [0.3, 0.4) is 0 Å². The van der Waals surface area contributed by atoms with E-state index in [9.17, 15) is 0 Å². The van der Waals surface area contributed by atoms with Crippen LogP contribution in [0.1, 0.15) is 45.4 Å². The quantitative estimate of drug-likeness (QED) is 0.287. The molecule has 2 fully saturated rings. The molecule has 4 heteroatoms. The normalized spacial score (nSPS) is 31.7. The molecule has 0 saturated heterocycles. The summed E-state index contributed by atoms with van der Waals surface area (Å²) >= 11 is 0. The molecule has 2 unspecified atom stereocenters. The van der Waals surface area contributed by atoms with Gasteiger partial charge in [-0.05, 0) is 49.5 Å². The second kappa shape index (κ2) is 5.25. The zero-order valence-electron chi connectivity index (χ0n) is 10.8. The van der Waals surface area contributed by atoms with Crippen LogP contribution in [0, 0.1) is 17.3 Å². The molecule has 0 amide bonds. The molecule has 98 valence electrons. The van der Waals surface area contributed by atoms with E-state index in [1.165, 1.54) is 32.1 Å². The maximum atomic E-state index is 8.60. The van der Waals surface area contributed by atoms with Gasteiger partial charge in [0.05, 0.1) is 0 Å². The Labute approximate surface area is 104 Å². The van der Waals surface area contributed by atoms with Crippen LogP contribution in [0.15, 0.2) is 5.16 Å². The Hall–Kier alpha value is -0.770. The van der Waals surface area contributed by atoms with E-state index in [1.54, 1.807) is 0 Å². The Morgan fingerprint density at radius 3 is 2.76 bits per heavy atom. The zero-order valence-corrected chi connectivity index (χ0v) is 10.8. The monoisotopic (exact) mass is 239 g/mol. The highest BCUT2D eigenvalue weighted by Crippen LogP contribution is 2.48. The Morgan fingerprint density at radius 2 is 2.24 bits per heavy atom. The van der Waals surface area contributed by atoms with E-state index in [1.807, 2.05) is 0 Å². The van der Waals surface area contributed by atoms with Crippen molar-refractivity contribution in [3.8, 4) is 0 Å². The fourth-order valence-corrected chi connectivity index (χ4v) is 3.06. The van der Waals surface area contributed by atoms with E-state index in [2.05, 4.69) is 17.4 Å². The van der Waals surface area contributed by atoms with E-state index < -0.39 is 0 Å². The number of nitrogens with two attached hydrogens (primary N) is 1. The van der Waals surface area contributed by atoms with Crippen molar-refractivity contribution in [2.75, 3.05) is 13.1 Å². The van der Waals surface area contributed by atoms with E-state index >= 15 is 0 Å². The average molecular weight is 239 g/mol. The summed E-state index contributed by atoms with van der Waals surface area (Å²) in [6, 6.07) is 0. The summed E-state index contributed by atoms with van der Waals surface area (Å²) < 4.78 is 0. The van der Waals surface area contributed by atoms with Crippen LogP contribution in [0.4, 0.5) is 0 Å². The van der Waals surface area contributed by atoms with Crippen LogP contribution < -0.4 is 11.1 Å². The first kappa shape index (κ1) is 12.7. The average Bonchev–Trinajstić information content (AvgIpc) is 2.93. The highest BCUT2D eigenvalue weighted by atomic mass is 16.4. The largest absolute Gasteiger partial charge is 0.409 e. The van der Waals surface area contributed by atoms with Crippen LogP contribution in [0.5, 0.6) is 0 Å². The standard InChI is InChI=1S/C13H25N3O/c1-10-2-3-11(6-10)8-15-9-13(4-5-13)7-12(14)16-17/h10-11,15,17H,2-9H2,1H3,(H2,14,16). The number of nitrogens with zero attached hydrogens (tertiary/aromatic N) is 1. The molecular formula is C13H25N3O. The first-order chi connectivity index (χ1) is 8.13. The maximum Gasteiger partial charge on any atom is 0.139 e. The summed E-state index contributed by atoms with van der Waals surface area (Å²) in [5, 5.41) is 15.3. The molecule has 0 spiro atoms. The lowest BCUT2D eigenvalue weighted by molar-refractivity contribution is 0.313. The van der Waals surface area contributed by atoms with Crippen molar-refractivity contribution in [2.45, 2.75) is 45.4 Å². The van der Waals surface area contributed by atoms with Crippen LogP contribution >= 0.6 is 0 Å². The van der Waals surface area contributed by atoms with Crippen molar-refractivity contribution in [1.29, 1.82) is 0 Å². The van der Waals surface area contributed by atoms with Crippen molar-refractivity contribution in [3.05, 3.63) is 0 Å². The third-order valence-electron chi connectivity index (χ3n) is 4.38. The van der Waals surface area contributed by atoms with Gasteiger partial charge in [-0.2, -0.15) is 0 Å². The molecule has 0 aromatic rings. The molecule has 0 bridgehead atoms. The first-order valence-corrected chi connectivity index (χ1v) is 6.81.